The molecule has 0 N–H and O–H groups in total. The second-order valence-electron chi connectivity index (χ2n) is 3.46. The Morgan fingerprint density at radius 3 is 1.27 bits per heavy atom. The summed E-state index contributed by atoms with van der Waals surface area (Å²) in [6, 6.07) is 0. The molecule has 1 heteroatoms. The third-order valence-corrected chi connectivity index (χ3v) is 3.84. The molecular weight excluding hydrogens is 179 g/mol. The summed E-state index contributed by atoms with van der Waals surface area (Å²) in [5.74, 6) is 0. The van der Waals surface area contributed by atoms with E-state index >= 15 is 0 Å². The molecule has 0 aromatic rings. The van der Waals surface area contributed by atoms with Crippen LogP contribution >= 0.6 is 0 Å². The monoisotopic (exact) mass is 194 g/mol. The van der Waals surface area contributed by atoms with Gasteiger partial charge in [-0.2, -0.15) is 0 Å². The Morgan fingerprint density at radius 1 is 0.909 bits per heavy atom. The average molecular weight is 194 g/mol. The van der Waals surface area contributed by atoms with E-state index < -0.39 is 0 Å². The molecule has 0 unspecified atom stereocenters. The van der Waals surface area contributed by atoms with Crippen molar-refractivity contribution in [3.63, 3.8) is 0 Å². The van der Waals surface area contributed by atoms with Crippen LogP contribution in [0.1, 0.15) is 34.6 Å². The molecule has 1 aliphatic rings. The first-order valence-corrected chi connectivity index (χ1v) is 4.44. The van der Waals surface area contributed by atoms with E-state index in [2.05, 4.69) is 34.6 Å². The molecule has 0 aromatic carbocycles. The zero-order valence-electron chi connectivity index (χ0n) is 7.83. The molecule has 11 heavy (non-hydrogen) atoms. The molecule has 0 bridgehead atoms. The standard InChI is InChI=1S/C10H15.Co/c1-6-7(2)9(4)10(5)8(6)3;/h1-5H3;. The van der Waals surface area contributed by atoms with Gasteiger partial charge in [-0.25, -0.2) is 0 Å². The Labute approximate surface area is 77.3 Å². The van der Waals surface area contributed by atoms with Crippen LogP contribution in [0.2, 0.25) is 4.35 Å². The Hall–Kier alpha value is -0.0135. The molecular formula is C10H15Co. The van der Waals surface area contributed by atoms with Crippen LogP contribution in [-0.2, 0) is 15.7 Å². The van der Waals surface area contributed by atoms with Crippen LogP contribution in [0.15, 0.2) is 22.3 Å². The second-order valence-corrected chi connectivity index (χ2v) is 4.50. The van der Waals surface area contributed by atoms with Crippen molar-refractivity contribution < 1.29 is 15.7 Å². The van der Waals surface area contributed by atoms with E-state index in [-0.39, 0.29) is 4.35 Å². The quantitative estimate of drug-likeness (QED) is 0.554. The molecule has 0 aromatic heterocycles. The fourth-order valence-electron chi connectivity index (χ4n) is 1.53. The predicted octanol–water partition coefficient (Wildman–Crippen LogP) is 3.40. The van der Waals surface area contributed by atoms with Crippen molar-refractivity contribution in [2.24, 2.45) is 0 Å². The van der Waals surface area contributed by atoms with Gasteiger partial charge in [0.25, 0.3) is 0 Å². The summed E-state index contributed by atoms with van der Waals surface area (Å²) in [4.78, 5) is 0. The molecule has 0 nitrogen and oxygen atoms in total. The van der Waals surface area contributed by atoms with Crippen LogP contribution in [-0.4, -0.2) is 0 Å². The molecule has 0 atom stereocenters. The first kappa shape index (κ1) is 9.08. The minimum absolute atomic E-state index is 0.00116. The van der Waals surface area contributed by atoms with Gasteiger partial charge in [0.2, 0.25) is 0 Å². The van der Waals surface area contributed by atoms with E-state index in [9.17, 15) is 0 Å². The molecule has 1 rings (SSSR count). The Balaban J connectivity index is 3.27. The van der Waals surface area contributed by atoms with E-state index in [4.69, 9.17) is 15.7 Å². The molecule has 0 amide bonds. The van der Waals surface area contributed by atoms with Crippen molar-refractivity contribution in [3.05, 3.63) is 22.3 Å². The summed E-state index contributed by atoms with van der Waals surface area (Å²) >= 11 is 4.69. The van der Waals surface area contributed by atoms with Crippen molar-refractivity contribution in [1.82, 2.24) is 0 Å². The van der Waals surface area contributed by atoms with E-state index in [1.54, 1.807) is 0 Å². The molecule has 0 fully saturated rings. The first-order chi connectivity index (χ1) is 4.89. The second kappa shape index (κ2) is 2.49. The molecule has 0 saturated heterocycles. The molecule has 0 heterocycles. The number of rotatable bonds is 0. The summed E-state index contributed by atoms with van der Waals surface area (Å²) in [6.45, 7) is 10.8. The van der Waals surface area contributed by atoms with Crippen LogP contribution in [0, 0.1) is 0 Å². The van der Waals surface area contributed by atoms with E-state index in [0.29, 0.717) is 0 Å². The van der Waals surface area contributed by atoms with E-state index in [0.717, 1.165) is 0 Å². The van der Waals surface area contributed by atoms with Gasteiger partial charge < -0.3 is 0 Å². The maximum atomic E-state index is 4.69. The molecule has 0 aliphatic heterocycles. The van der Waals surface area contributed by atoms with Gasteiger partial charge in [-0.3, -0.25) is 0 Å². The summed E-state index contributed by atoms with van der Waals surface area (Å²) in [6.07, 6.45) is 0. The van der Waals surface area contributed by atoms with Gasteiger partial charge in [-0.15, -0.1) is 0 Å². The van der Waals surface area contributed by atoms with Crippen LogP contribution < -0.4 is 0 Å². The fourth-order valence-corrected chi connectivity index (χ4v) is 1.92. The first-order valence-electron chi connectivity index (χ1n) is 3.92. The van der Waals surface area contributed by atoms with Crippen LogP contribution in [0.4, 0.5) is 0 Å². The molecule has 64 valence electrons. The van der Waals surface area contributed by atoms with E-state index in [1.807, 2.05) is 0 Å². The van der Waals surface area contributed by atoms with Gasteiger partial charge >= 0.3 is 77.0 Å². The van der Waals surface area contributed by atoms with Crippen molar-refractivity contribution >= 4 is 0 Å². The van der Waals surface area contributed by atoms with Crippen LogP contribution in [0.5, 0.6) is 0 Å². The third-order valence-electron chi connectivity index (χ3n) is 3.06. The van der Waals surface area contributed by atoms with Crippen molar-refractivity contribution in [2.45, 2.75) is 39.0 Å². The van der Waals surface area contributed by atoms with Gasteiger partial charge in [0.05, 0.1) is 0 Å². The summed E-state index contributed by atoms with van der Waals surface area (Å²) in [5.41, 5.74) is 5.62. The molecule has 0 spiro atoms. The van der Waals surface area contributed by atoms with Gasteiger partial charge in [0.1, 0.15) is 0 Å². The predicted molar refractivity (Wildman–Crippen MR) is 45.1 cm³/mol. The van der Waals surface area contributed by atoms with Crippen molar-refractivity contribution in [3.8, 4) is 0 Å². The molecule has 0 radical (unpaired) electrons. The van der Waals surface area contributed by atoms with Crippen LogP contribution in [0.25, 0.3) is 0 Å². The van der Waals surface area contributed by atoms with Gasteiger partial charge in [-0.05, 0) is 0 Å². The maximum absolute atomic E-state index is 4.69. The molecule has 1 aliphatic carbocycles. The Bertz CT molecular complexity index is 228. The third kappa shape index (κ3) is 1.11. The van der Waals surface area contributed by atoms with Gasteiger partial charge in [-0.1, -0.05) is 0 Å². The van der Waals surface area contributed by atoms with Gasteiger partial charge in [0.15, 0.2) is 0 Å². The zero-order chi connectivity index (χ0) is 8.81. The summed E-state index contributed by atoms with van der Waals surface area (Å²) < 4.78 is 0.00116. The fraction of sp³-hybridized carbons (Fsp3) is 0.600. The van der Waals surface area contributed by atoms with Crippen molar-refractivity contribution in [2.75, 3.05) is 0 Å². The summed E-state index contributed by atoms with van der Waals surface area (Å²) in [7, 11) is 0. The SMILES string of the molecule is CC1=C(C)[C](C)([Co])C(C)=C1C. The number of hydrogen-bond donors (Lipinski definition) is 0. The zero-order valence-corrected chi connectivity index (χ0v) is 8.87. The van der Waals surface area contributed by atoms with Crippen LogP contribution in [0.3, 0.4) is 0 Å². The van der Waals surface area contributed by atoms with Gasteiger partial charge in [0, 0.05) is 0 Å². The molecule has 0 saturated carbocycles. The topological polar surface area (TPSA) is 0 Å². The minimum atomic E-state index is 0.00116. The number of hydrogen-bond acceptors (Lipinski definition) is 0. The Morgan fingerprint density at radius 2 is 1.18 bits per heavy atom. The average Bonchev–Trinajstić information content (AvgIpc) is 2.06. The normalized spacial score (nSPS) is 23.5. The number of allylic oxidation sites excluding steroid dienone is 4. The van der Waals surface area contributed by atoms with Crippen molar-refractivity contribution in [1.29, 1.82) is 0 Å². The Kier molecular flexibility index (Phi) is 2.06. The van der Waals surface area contributed by atoms with E-state index in [1.165, 1.54) is 22.3 Å². The summed E-state index contributed by atoms with van der Waals surface area (Å²) in [5, 5.41) is 0.